The Labute approximate surface area is 124 Å². The highest BCUT2D eigenvalue weighted by atomic mass is 35.5. The monoisotopic (exact) mass is 299 g/mol. The maximum atomic E-state index is 6.13. The van der Waals surface area contributed by atoms with Crippen molar-refractivity contribution in [1.29, 1.82) is 0 Å². The molecule has 2 unspecified atom stereocenters. The van der Waals surface area contributed by atoms with Gasteiger partial charge in [0.1, 0.15) is 0 Å². The number of nitrogens with zero attached hydrogens (tertiary/aromatic N) is 2. The third-order valence-corrected chi connectivity index (χ3v) is 5.28. The molecule has 2 aliphatic rings. The Balaban J connectivity index is 1.89. The second-order valence-corrected chi connectivity index (χ2v) is 6.42. The van der Waals surface area contributed by atoms with E-state index in [2.05, 4.69) is 16.8 Å². The lowest BCUT2D eigenvalue weighted by molar-refractivity contribution is 0.254. The molecule has 0 aromatic heterocycles. The van der Waals surface area contributed by atoms with E-state index in [4.69, 9.17) is 28.9 Å². The van der Waals surface area contributed by atoms with Crippen LogP contribution in [-0.4, -0.2) is 37.1 Å². The van der Waals surface area contributed by atoms with Gasteiger partial charge in [-0.1, -0.05) is 23.2 Å². The number of rotatable bonds is 1. The average molecular weight is 300 g/mol. The number of halogens is 2. The molecule has 3 nitrogen and oxygen atoms in total. The van der Waals surface area contributed by atoms with Gasteiger partial charge in [-0.15, -0.1) is 0 Å². The molecule has 0 aliphatic carbocycles. The van der Waals surface area contributed by atoms with Gasteiger partial charge in [-0.05, 0) is 38.4 Å². The van der Waals surface area contributed by atoms with E-state index >= 15 is 0 Å². The summed E-state index contributed by atoms with van der Waals surface area (Å²) < 4.78 is 0. The van der Waals surface area contributed by atoms with Crippen molar-refractivity contribution in [2.24, 2.45) is 0 Å². The van der Waals surface area contributed by atoms with Gasteiger partial charge < -0.3 is 10.6 Å². The summed E-state index contributed by atoms with van der Waals surface area (Å²) in [5.41, 5.74) is 7.85. The summed E-state index contributed by atoms with van der Waals surface area (Å²) in [5.74, 6) is 0. The van der Waals surface area contributed by atoms with Crippen molar-refractivity contribution in [3.05, 3.63) is 22.2 Å². The molecular weight excluding hydrogens is 281 g/mol. The Kier molecular flexibility index (Phi) is 3.54. The van der Waals surface area contributed by atoms with Crippen LogP contribution in [0.5, 0.6) is 0 Å². The maximum Gasteiger partial charge on any atom is 0.0616 e. The molecule has 3 rings (SSSR count). The molecule has 1 aromatic carbocycles. The van der Waals surface area contributed by atoms with Gasteiger partial charge in [0.05, 0.1) is 21.4 Å². The molecule has 2 N–H and O–H groups in total. The fraction of sp³-hybridized carbons (Fsp3) is 0.571. The Bertz CT molecular complexity index is 492. The van der Waals surface area contributed by atoms with Crippen molar-refractivity contribution in [2.45, 2.75) is 31.3 Å². The van der Waals surface area contributed by atoms with Gasteiger partial charge in [-0.3, -0.25) is 4.90 Å². The third kappa shape index (κ3) is 2.39. The number of nitrogen functional groups attached to an aromatic ring is 1. The molecule has 2 fully saturated rings. The molecule has 1 aromatic rings. The SMILES string of the molecule is CN1C2CCC1CN(c1cc(Cl)c(Cl)cc1N)CC2. The van der Waals surface area contributed by atoms with Crippen LogP contribution in [0.1, 0.15) is 19.3 Å². The Morgan fingerprint density at radius 2 is 1.79 bits per heavy atom. The summed E-state index contributed by atoms with van der Waals surface area (Å²) >= 11 is 12.1. The maximum absolute atomic E-state index is 6.13. The lowest BCUT2D eigenvalue weighted by atomic mass is 10.1. The van der Waals surface area contributed by atoms with Gasteiger partial charge in [0.25, 0.3) is 0 Å². The van der Waals surface area contributed by atoms with Gasteiger partial charge >= 0.3 is 0 Å². The van der Waals surface area contributed by atoms with Crippen molar-refractivity contribution in [2.75, 3.05) is 30.8 Å². The summed E-state index contributed by atoms with van der Waals surface area (Å²) in [6, 6.07) is 5.00. The number of anilines is 2. The van der Waals surface area contributed by atoms with Crippen LogP contribution < -0.4 is 10.6 Å². The number of benzene rings is 1. The number of hydrogen-bond acceptors (Lipinski definition) is 3. The van der Waals surface area contributed by atoms with Crippen molar-refractivity contribution < 1.29 is 0 Å². The Morgan fingerprint density at radius 3 is 2.58 bits per heavy atom. The summed E-state index contributed by atoms with van der Waals surface area (Å²) in [5, 5.41) is 1.10. The molecule has 0 amide bonds. The van der Waals surface area contributed by atoms with Gasteiger partial charge in [0.15, 0.2) is 0 Å². The highest BCUT2D eigenvalue weighted by molar-refractivity contribution is 6.42. The second kappa shape index (κ2) is 5.04. The molecule has 5 heteroatoms. The van der Waals surface area contributed by atoms with Crippen molar-refractivity contribution >= 4 is 34.6 Å². The minimum absolute atomic E-state index is 0.524. The smallest absolute Gasteiger partial charge is 0.0616 e. The lowest BCUT2D eigenvalue weighted by Gasteiger charge is -2.28. The van der Waals surface area contributed by atoms with Crippen LogP contribution in [0.2, 0.25) is 10.0 Å². The quantitative estimate of drug-likeness (QED) is 0.808. The zero-order valence-electron chi connectivity index (χ0n) is 11.1. The standard InChI is InChI=1S/C14H19Cl2N3/c1-18-9-2-3-10(18)8-19(5-4-9)14-7-12(16)11(15)6-13(14)17/h6-7,9-10H,2-5,8,17H2,1H3. The first-order valence-corrected chi connectivity index (χ1v) is 7.53. The first kappa shape index (κ1) is 13.3. The zero-order valence-corrected chi connectivity index (χ0v) is 12.6. The second-order valence-electron chi connectivity index (χ2n) is 5.61. The minimum Gasteiger partial charge on any atom is -0.397 e. The molecular formula is C14H19Cl2N3. The number of likely N-dealkylation sites (N-methyl/N-ethyl adjacent to an activating group) is 1. The van der Waals surface area contributed by atoms with Crippen LogP contribution in [0.25, 0.3) is 0 Å². The molecule has 19 heavy (non-hydrogen) atoms. The molecule has 0 radical (unpaired) electrons. The van der Waals surface area contributed by atoms with E-state index in [1.54, 1.807) is 6.07 Å². The van der Waals surface area contributed by atoms with Gasteiger partial charge in [-0.25, -0.2) is 0 Å². The minimum atomic E-state index is 0.524. The first-order valence-electron chi connectivity index (χ1n) is 6.77. The van der Waals surface area contributed by atoms with Crippen LogP contribution in [0.3, 0.4) is 0 Å². The fourth-order valence-corrected chi connectivity index (χ4v) is 3.68. The van der Waals surface area contributed by atoms with Gasteiger partial charge in [-0.2, -0.15) is 0 Å². The van der Waals surface area contributed by atoms with Crippen molar-refractivity contribution in [3.8, 4) is 0 Å². The molecule has 2 saturated heterocycles. The van der Waals surface area contributed by atoms with Gasteiger partial charge in [0, 0.05) is 25.2 Å². The highest BCUT2D eigenvalue weighted by Crippen LogP contribution is 2.36. The molecule has 0 spiro atoms. The first-order chi connectivity index (χ1) is 9.06. The van der Waals surface area contributed by atoms with Gasteiger partial charge in [0.2, 0.25) is 0 Å². The van der Waals surface area contributed by atoms with E-state index in [9.17, 15) is 0 Å². The highest BCUT2D eigenvalue weighted by Gasteiger charge is 2.35. The topological polar surface area (TPSA) is 32.5 Å². The van der Waals surface area contributed by atoms with Crippen LogP contribution in [-0.2, 0) is 0 Å². The average Bonchev–Trinajstić information content (AvgIpc) is 2.59. The normalized spacial score (nSPS) is 27.6. The summed E-state index contributed by atoms with van der Waals surface area (Å²) in [6.07, 6.45) is 3.79. The summed E-state index contributed by atoms with van der Waals surface area (Å²) in [4.78, 5) is 4.88. The molecule has 2 atom stereocenters. The molecule has 2 heterocycles. The van der Waals surface area contributed by atoms with Crippen LogP contribution in [0.15, 0.2) is 12.1 Å². The third-order valence-electron chi connectivity index (χ3n) is 4.56. The molecule has 104 valence electrons. The van der Waals surface area contributed by atoms with Crippen LogP contribution in [0, 0.1) is 0 Å². The number of hydrogen-bond donors (Lipinski definition) is 1. The van der Waals surface area contributed by atoms with Crippen molar-refractivity contribution in [1.82, 2.24) is 4.90 Å². The van der Waals surface area contributed by atoms with E-state index in [1.165, 1.54) is 19.3 Å². The largest absolute Gasteiger partial charge is 0.397 e. The van der Waals surface area contributed by atoms with E-state index in [-0.39, 0.29) is 0 Å². The molecule has 0 saturated carbocycles. The van der Waals surface area contributed by atoms with Crippen molar-refractivity contribution in [3.63, 3.8) is 0 Å². The van der Waals surface area contributed by atoms with Crippen LogP contribution in [0.4, 0.5) is 11.4 Å². The van der Waals surface area contributed by atoms with E-state index < -0.39 is 0 Å². The number of fused-ring (bicyclic) bond motifs is 2. The molecule has 2 bridgehead atoms. The predicted molar refractivity (Wildman–Crippen MR) is 82.3 cm³/mol. The zero-order chi connectivity index (χ0) is 13.6. The Morgan fingerprint density at radius 1 is 1.11 bits per heavy atom. The Hall–Kier alpha value is -0.640. The number of nitrogens with two attached hydrogens (primary N) is 1. The fourth-order valence-electron chi connectivity index (χ4n) is 3.35. The predicted octanol–water partition coefficient (Wildman–Crippen LogP) is 3.25. The summed E-state index contributed by atoms with van der Waals surface area (Å²) in [6.45, 7) is 2.06. The van der Waals surface area contributed by atoms with Crippen LogP contribution >= 0.6 is 23.2 Å². The van der Waals surface area contributed by atoms with E-state index in [1.807, 2.05) is 6.07 Å². The summed E-state index contributed by atoms with van der Waals surface area (Å²) in [7, 11) is 2.24. The lowest BCUT2D eigenvalue weighted by Crippen LogP contribution is -2.36. The van der Waals surface area contributed by atoms with E-state index in [0.29, 0.717) is 16.1 Å². The molecule has 2 aliphatic heterocycles. The van der Waals surface area contributed by atoms with E-state index in [0.717, 1.165) is 30.5 Å².